The first-order valence-corrected chi connectivity index (χ1v) is 9.55. The highest BCUT2D eigenvalue weighted by Gasteiger charge is 2.38. The van der Waals surface area contributed by atoms with Crippen molar-refractivity contribution in [2.75, 3.05) is 17.3 Å². The number of halogens is 3. The molecule has 20 heavy (non-hydrogen) atoms. The van der Waals surface area contributed by atoms with Gasteiger partial charge >= 0.3 is 6.18 Å². The minimum atomic E-state index is -4.35. The van der Waals surface area contributed by atoms with Crippen LogP contribution in [0, 0.1) is 0 Å². The Balaban J connectivity index is 1.79. The molecule has 1 N–H and O–H groups in total. The Labute approximate surface area is 128 Å². The monoisotopic (exact) mass is 340 g/mol. The lowest BCUT2D eigenvalue weighted by atomic mass is 10.3. The van der Waals surface area contributed by atoms with Crippen molar-refractivity contribution in [2.24, 2.45) is 0 Å². The molecule has 1 unspecified atom stereocenters. The summed E-state index contributed by atoms with van der Waals surface area (Å²) in [4.78, 5) is 4.27. The Morgan fingerprint density at radius 3 is 2.65 bits per heavy atom. The van der Waals surface area contributed by atoms with E-state index in [0.29, 0.717) is 22.5 Å². The third-order valence-corrected chi connectivity index (χ3v) is 7.28. The zero-order valence-corrected chi connectivity index (χ0v) is 13.2. The molecule has 0 aromatic carbocycles. The molecular formula is C12H15F3N2S3. The standard InChI is InChI=1S/C12H15F3N2S3/c13-12(14,15)10-8(5-16-7-1-2-7)20-11(17-10)9-6-18-3-4-19-9/h7,9,16H,1-6H2. The lowest BCUT2D eigenvalue weighted by Gasteiger charge is -2.18. The van der Waals surface area contributed by atoms with E-state index in [1.807, 2.05) is 0 Å². The van der Waals surface area contributed by atoms with Crippen LogP contribution < -0.4 is 5.32 Å². The van der Waals surface area contributed by atoms with Gasteiger partial charge in [0.2, 0.25) is 0 Å². The fraction of sp³-hybridized carbons (Fsp3) is 0.750. The van der Waals surface area contributed by atoms with Gasteiger partial charge in [0.15, 0.2) is 5.69 Å². The normalized spacial score (nSPS) is 24.1. The minimum absolute atomic E-state index is 0.120. The lowest BCUT2D eigenvalue weighted by molar-refractivity contribution is -0.141. The van der Waals surface area contributed by atoms with E-state index < -0.39 is 11.9 Å². The Bertz CT molecular complexity index is 465. The van der Waals surface area contributed by atoms with Gasteiger partial charge in [0.25, 0.3) is 0 Å². The van der Waals surface area contributed by atoms with E-state index in [4.69, 9.17) is 0 Å². The van der Waals surface area contributed by atoms with Gasteiger partial charge in [0.05, 0.1) is 10.1 Å². The summed E-state index contributed by atoms with van der Waals surface area (Å²) >= 11 is 4.76. The molecule has 1 aromatic rings. The Kier molecular flexibility index (Phi) is 4.54. The molecule has 0 amide bonds. The molecule has 2 aliphatic rings. The Hall–Kier alpha value is 0.0800. The van der Waals surface area contributed by atoms with Gasteiger partial charge in [-0.25, -0.2) is 4.98 Å². The molecule has 0 spiro atoms. The maximum atomic E-state index is 13.1. The predicted octanol–water partition coefficient (Wildman–Crippen LogP) is 3.94. The summed E-state index contributed by atoms with van der Waals surface area (Å²) in [5.41, 5.74) is -0.679. The highest BCUT2D eigenvalue weighted by Crippen LogP contribution is 2.42. The molecule has 2 heterocycles. The molecule has 1 saturated heterocycles. The number of hydrogen-bond acceptors (Lipinski definition) is 5. The van der Waals surface area contributed by atoms with Crippen LogP contribution in [0.1, 0.15) is 33.7 Å². The Morgan fingerprint density at radius 2 is 2.05 bits per heavy atom. The molecule has 2 fully saturated rings. The number of nitrogens with one attached hydrogen (secondary N) is 1. The number of hydrogen-bond donors (Lipinski definition) is 1. The average molecular weight is 340 g/mol. The van der Waals surface area contributed by atoms with Gasteiger partial charge in [-0.05, 0) is 12.8 Å². The molecule has 3 rings (SSSR count). The summed E-state index contributed by atoms with van der Waals surface area (Å²) in [5, 5.41) is 3.92. The van der Waals surface area contributed by atoms with Crippen molar-refractivity contribution in [1.29, 1.82) is 0 Å². The number of alkyl halides is 3. The highest BCUT2D eigenvalue weighted by atomic mass is 32.2. The van der Waals surface area contributed by atoms with E-state index in [9.17, 15) is 13.2 Å². The predicted molar refractivity (Wildman–Crippen MR) is 79.5 cm³/mol. The first-order chi connectivity index (χ1) is 9.54. The first-order valence-electron chi connectivity index (χ1n) is 6.53. The van der Waals surface area contributed by atoms with Crippen LogP contribution in [0.15, 0.2) is 0 Å². The van der Waals surface area contributed by atoms with Crippen LogP contribution in [0.2, 0.25) is 0 Å². The van der Waals surface area contributed by atoms with Crippen LogP contribution >= 0.6 is 34.9 Å². The molecule has 8 heteroatoms. The van der Waals surface area contributed by atoms with Crippen molar-refractivity contribution in [2.45, 2.75) is 36.9 Å². The largest absolute Gasteiger partial charge is 0.434 e. The van der Waals surface area contributed by atoms with Crippen molar-refractivity contribution in [3.8, 4) is 0 Å². The summed E-state index contributed by atoms with van der Waals surface area (Å²) in [7, 11) is 0. The van der Waals surface area contributed by atoms with E-state index in [0.717, 1.165) is 30.1 Å². The molecular weight excluding hydrogens is 325 g/mol. The van der Waals surface area contributed by atoms with Gasteiger partial charge in [-0.1, -0.05) is 0 Å². The fourth-order valence-corrected chi connectivity index (χ4v) is 6.02. The summed E-state index contributed by atoms with van der Waals surface area (Å²) in [6.07, 6.45) is -2.20. The van der Waals surface area contributed by atoms with Crippen LogP contribution in [-0.4, -0.2) is 28.3 Å². The maximum absolute atomic E-state index is 13.1. The molecule has 112 valence electrons. The topological polar surface area (TPSA) is 24.9 Å². The number of nitrogens with zero attached hydrogens (tertiary/aromatic N) is 1. The number of rotatable bonds is 4. The molecule has 1 saturated carbocycles. The molecule has 0 radical (unpaired) electrons. The van der Waals surface area contributed by atoms with Crippen LogP contribution in [-0.2, 0) is 12.7 Å². The van der Waals surface area contributed by atoms with Gasteiger partial charge in [-0.2, -0.15) is 24.9 Å². The first kappa shape index (κ1) is 15.0. The number of aromatic nitrogens is 1. The molecule has 0 bridgehead atoms. The van der Waals surface area contributed by atoms with E-state index in [1.165, 1.54) is 11.3 Å². The van der Waals surface area contributed by atoms with Gasteiger partial charge < -0.3 is 5.32 Å². The van der Waals surface area contributed by atoms with Crippen molar-refractivity contribution >= 4 is 34.9 Å². The average Bonchev–Trinajstić information content (AvgIpc) is 3.14. The smallest absolute Gasteiger partial charge is 0.309 e. The van der Waals surface area contributed by atoms with E-state index in [1.54, 1.807) is 23.5 Å². The van der Waals surface area contributed by atoms with E-state index in [2.05, 4.69) is 10.3 Å². The van der Waals surface area contributed by atoms with Crippen molar-refractivity contribution in [1.82, 2.24) is 10.3 Å². The van der Waals surface area contributed by atoms with Gasteiger partial charge in [0.1, 0.15) is 5.01 Å². The third-order valence-electron chi connectivity index (χ3n) is 3.20. The second-order valence-electron chi connectivity index (χ2n) is 4.91. The van der Waals surface area contributed by atoms with Crippen molar-refractivity contribution in [3.63, 3.8) is 0 Å². The van der Waals surface area contributed by atoms with Gasteiger partial charge in [-0.3, -0.25) is 0 Å². The summed E-state index contributed by atoms with van der Waals surface area (Å²) in [6, 6.07) is 0.404. The SMILES string of the molecule is FC(F)(F)c1nc(C2CSCCS2)sc1CNC1CC1. The lowest BCUT2D eigenvalue weighted by Crippen LogP contribution is -2.18. The van der Waals surface area contributed by atoms with Crippen molar-refractivity contribution in [3.05, 3.63) is 15.6 Å². The minimum Gasteiger partial charge on any atom is -0.309 e. The Morgan fingerprint density at radius 1 is 1.25 bits per heavy atom. The second kappa shape index (κ2) is 6.06. The van der Waals surface area contributed by atoms with E-state index >= 15 is 0 Å². The quantitative estimate of drug-likeness (QED) is 0.898. The number of thioether (sulfide) groups is 2. The van der Waals surface area contributed by atoms with Crippen LogP contribution in [0.3, 0.4) is 0 Å². The summed E-state index contributed by atoms with van der Waals surface area (Å²) in [5.74, 6) is 2.94. The summed E-state index contributed by atoms with van der Waals surface area (Å²) in [6.45, 7) is 0.293. The molecule has 1 aliphatic heterocycles. The van der Waals surface area contributed by atoms with Crippen molar-refractivity contribution < 1.29 is 13.2 Å². The third kappa shape index (κ3) is 3.64. The highest BCUT2D eigenvalue weighted by molar-refractivity contribution is 8.06. The molecule has 1 aliphatic carbocycles. The zero-order valence-electron chi connectivity index (χ0n) is 10.7. The zero-order chi connectivity index (χ0) is 14.2. The summed E-state index contributed by atoms with van der Waals surface area (Å²) < 4.78 is 39.2. The van der Waals surface area contributed by atoms with Gasteiger partial charge in [-0.15, -0.1) is 23.1 Å². The molecule has 1 atom stereocenters. The van der Waals surface area contributed by atoms with E-state index in [-0.39, 0.29) is 5.25 Å². The van der Waals surface area contributed by atoms with Crippen LogP contribution in [0.4, 0.5) is 13.2 Å². The molecule has 2 nitrogen and oxygen atoms in total. The fourth-order valence-electron chi connectivity index (χ4n) is 2.00. The van der Waals surface area contributed by atoms with Crippen LogP contribution in [0.5, 0.6) is 0 Å². The second-order valence-corrected chi connectivity index (χ2v) is 8.49. The number of thiazole rings is 1. The maximum Gasteiger partial charge on any atom is 0.434 e. The van der Waals surface area contributed by atoms with Crippen LogP contribution in [0.25, 0.3) is 0 Å². The molecule has 1 aromatic heterocycles. The van der Waals surface area contributed by atoms with Gasteiger partial charge in [0, 0.05) is 29.8 Å².